The van der Waals surface area contributed by atoms with Crippen LogP contribution in [0.15, 0.2) is 48.8 Å². The maximum Gasteiger partial charge on any atom is 0.374 e. The molecule has 0 fully saturated rings. The summed E-state index contributed by atoms with van der Waals surface area (Å²) < 4.78 is 25.0. The molecule has 0 radical (unpaired) electrons. The third-order valence-electron chi connectivity index (χ3n) is 4.48. The average molecular weight is 428 g/mol. The van der Waals surface area contributed by atoms with Crippen molar-refractivity contribution in [2.45, 2.75) is 6.61 Å². The first-order valence-corrected chi connectivity index (χ1v) is 9.17. The lowest BCUT2D eigenvalue weighted by molar-refractivity contribution is 0.0588. The maximum atomic E-state index is 14.6. The molecule has 0 bridgehead atoms. The Morgan fingerprint density at radius 3 is 2.83 bits per heavy atom. The zero-order valence-corrected chi connectivity index (χ0v) is 16.4. The molecule has 0 saturated heterocycles. The van der Waals surface area contributed by atoms with Gasteiger partial charge in [-0.1, -0.05) is 23.7 Å². The van der Waals surface area contributed by atoms with Gasteiger partial charge in [0.15, 0.2) is 11.6 Å². The van der Waals surface area contributed by atoms with Crippen LogP contribution in [-0.2, 0) is 11.3 Å². The van der Waals surface area contributed by atoms with Crippen LogP contribution in [-0.4, -0.2) is 33.1 Å². The second-order valence-electron chi connectivity index (χ2n) is 6.29. The molecule has 7 nitrogen and oxygen atoms in total. The molecule has 2 N–H and O–H groups in total. The highest BCUT2D eigenvalue weighted by Crippen LogP contribution is 2.36. The fraction of sp³-hybridized carbons (Fsp3) is 0.0952. The summed E-state index contributed by atoms with van der Waals surface area (Å²) in [5.74, 6) is -1.10. The number of carbonyl (C=O) groups excluding carboxylic acids is 1. The molecular weight excluding hydrogens is 413 g/mol. The number of aromatic nitrogens is 3. The lowest BCUT2D eigenvalue weighted by Crippen LogP contribution is -2.03. The van der Waals surface area contributed by atoms with Gasteiger partial charge in [-0.25, -0.2) is 14.2 Å². The van der Waals surface area contributed by atoms with Crippen LogP contribution in [0.3, 0.4) is 0 Å². The fourth-order valence-electron chi connectivity index (χ4n) is 2.96. The average Bonchev–Trinajstić information content (AvgIpc) is 3.27. The van der Waals surface area contributed by atoms with E-state index in [9.17, 15) is 14.3 Å². The molecule has 0 saturated carbocycles. The number of carbonyl (C=O) groups is 1. The number of hydrogen-bond donors (Lipinski definition) is 2. The number of halogens is 2. The number of esters is 1. The Bertz CT molecular complexity index is 1260. The van der Waals surface area contributed by atoms with E-state index in [1.165, 1.54) is 31.6 Å². The van der Waals surface area contributed by atoms with Crippen molar-refractivity contribution in [3.05, 3.63) is 71.0 Å². The number of hydrogen-bond acceptors (Lipinski definition) is 6. The van der Waals surface area contributed by atoms with Crippen molar-refractivity contribution >= 4 is 28.5 Å². The van der Waals surface area contributed by atoms with Crippen molar-refractivity contribution in [2.24, 2.45) is 0 Å². The highest BCUT2D eigenvalue weighted by Gasteiger charge is 2.17. The zero-order valence-electron chi connectivity index (χ0n) is 15.6. The minimum atomic E-state index is -0.763. The van der Waals surface area contributed by atoms with Gasteiger partial charge in [0.1, 0.15) is 5.75 Å². The zero-order chi connectivity index (χ0) is 21.3. The smallest absolute Gasteiger partial charge is 0.374 e. The molecule has 0 aliphatic carbocycles. The molecule has 2 heterocycles. The first-order valence-electron chi connectivity index (χ1n) is 8.80. The van der Waals surface area contributed by atoms with Crippen molar-refractivity contribution in [1.82, 2.24) is 15.0 Å². The monoisotopic (exact) mass is 427 g/mol. The van der Waals surface area contributed by atoms with Gasteiger partial charge in [0.05, 0.1) is 36.1 Å². The fourth-order valence-corrected chi connectivity index (χ4v) is 3.11. The molecule has 9 heteroatoms. The molecular formula is C21H15ClFN3O4. The number of aliphatic hydroxyl groups excluding tert-OH is 1. The number of pyridine rings is 1. The summed E-state index contributed by atoms with van der Waals surface area (Å²) in [7, 11) is 1.27. The summed E-state index contributed by atoms with van der Waals surface area (Å²) in [6, 6.07) is 9.77. The molecule has 0 unspecified atom stereocenters. The van der Waals surface area contributed by atoms with E-state index >= 15 is 0 Å². The van der Waals surface area contributed by atoms with Gasteiger partial charge >= 0.3 is 5.97 Å². The number of imidazole rings is 1. The third kappa shape index (κ3) is 3.58. The Hall–Kier alpha value is -3.49. The van der Waals surface area contributed by atoms with Crippen LogP contribution in [0, 0.1) is 5.82 Å². The van der Waals surface area contributed by atoms with E-state index in [0.717, 1.165) is 0 Å². The van der Waals surface area contributed by atoms with Gasteiger partial charge in [-0.3, -0.25) is 4.98 Å². The van der Waals surface area contributed by atoms with E-state index in [1.807, 2.05) is 0 Å². The highest BCUT2D eigenvalue weighted by atomic mass is 35.5. The predicted octanol–water partition coefficient (Wildman–Crippen LogP) is 4.49. The summed E-state index contributed by atoms with van der Waals surface area (Å²) in [6.07, 6.45) is 3.04. The van der Waals surface area contributed by atoms with Crippen molar-refractivity contribution in [1.29, 1.82) is 0 Å². The van der Waals surface area contributed by atoms with Crippen molar-refractivity contribution in [3.8, 4) is 22.8 Å². The molecule has 4 rings (SSSR count). The molecule has 0 aliphatic heterocycles. The molecule has 0 spiro atoms. The maximum absolute atomic E-state index is 14.6. The standard InChI is InChI=1S/C21H15ClFN3O4/c1-29-21(28)20-25-9-16(26-20)11-3-5-15-13(8-11)17(6-7-24-15)30-19-12(10-27)2-4-14(22)18(19)23/h2-9,27H,10H2,1H3,(H,25,26). The molecule has 152 valence electrons. The van der Waals surface area contributed by atoms with Crippen LogP contribution >= 0.6 is 11.6 Å². The molecule has 30 heavy (non-hydrogen) atoms. The van der Waals surface area contributed by atoms with Crippen LogP contribution in [0.2, 0.25) is 5.02 Å². The predicted molar refractivity (Wildman–Crippen MR) is 108 cm³/mol. The van der Waals surface area contributed by atoms with Crippen LogP contribution in [0.4, 0.5) is 4.39 Å². The van der Waals surface area contributed by atoms with E-state index in [2.05, 4.69) is 19.7 Å². The van der Waals surface area contributed by atoms with Gasteiger partial charge in [-0.15, -0.1) is 0 Å². The quantitative estimate of drug-likeness (QED) is 0.455. The summed E-state index contributed by atoms with van der Waals surface area (Å²) in [4.78, 5) is 22.8. The number of aromatic amines is 1. The number of benzene rings is 2. The summed E-state index contributed by atoms with van der Waals surface area (Å²) in [5.41, 5.74) is 2.15. The molecule has 2 aromatic heterocycles. The van der Waals surface area contributed by atoms with Crippen molar-refractivity contribution < 1.29 is 23.8 Å². The van der Waals surface area contributed by atoms with E-state index in [1.54, 1.807) is 24.3 Å². The lowest BCUT2D eigenvalue weighted by Gasteiger charge is -2.13. The number of ether oxygens (including phenoxy) is 2. The first-order chi connectivity index (χ1) is 14.5. The van der Waals surface area contributed by atoms with Crippen LogP contribution in [0.25, 0.3) is 22.2 Å². The molecule has 0 atom stereocenters. The minimum absolute atomic E-state index is 0.0730. The number of methoxy groups -OCH3 is 1. The van der Waals surface area contributed by atoms with Gasteiger partial charge in [0, 0.05) is 22.7 Å². The largest absolute Gasteiger partial charge is 0.463 e. The molecule has 0 aliphatic rings. The second kappa shape index (κ2) is 8.10. The number of nitrogens with zero attached hydrogens (tertiary/aromatic N) is 2. The van der Waals surface area contributed by atoms with Gasteiger partial charge in [-0.05, 0) is 24.3 Å². The Balaban J connectivity index is 1.79. The van der Waals surface area contributed by atoms with Gasteiger partial charge in [0.25, 0.3) is 0 Å². The van der Waals surface area contributed by atoms with E-state index < -0.39 is 18.4 Å². The van der Waals surface area contributed by atoms with Crippen molar-refractivity contribution in [2.75, 3.05) is 7.11 Å². The minimum Gasteiger partial charge on any atom is -0.463 e. The number of aliphatic hydroxyl groups is 1. The summed E-state index contributed by atoms with van der Waals surface area (Å²) >= 11 is 5.87. The highest BCUT2D eigenvalue weighted by molar-refractivity contribution is 6.30. The van der Waals surface area contributed by atoms with Crippen LogP contribution < -0.4 is 4.74 Å². The number of fused-ring (bicyclic) bond motifs is 1. The van der Waals surface area contributed by atoms with Crippen LogP contribution in [0.1, 0.15) is 16.2 Å². The third-order valence-corrected chi connectivity index (χ3v) is 4.77. The second-order valence-corrected chi connectivity index (χ2v) is 6.70. The van der Waals surface area contributed by atoms with E-state index in [4.69, 9.17) is 16.3 Å². The molecule has 0 amide bonds. The topological polar surface area (TPSA) is 97.3 Å². The Kier molecular flexibility index (Phi) is 5.35. The Morgan fingerprint density at radius 2 is 2.07 bits per heavy atom. The van der Waals surface area contributed by atoms with Gasteiger partial charge < -0.3 is 19.6 Å². The molecule has 4 aromatic rings. The number of nitrogens with one attached hydrogen (secondary N) is 1. The van der Waals surface area contributed by atoms with Gasteiger partial charge in [0.2, 0.25) is 5.82 Å². The summed E-state index contributed by atoms with van der Waals surface area (Å²) in [6.45, 7) is -0.415. The SMILES string of the molecule is COC(=O)c1ncc(-c2ccc3nccc(Oc4c(CO)ccc(Cl)c4F)c3c2)[nH]1. The molecule has 2 aromatic carbocycles. The Morgan fingerprint density at radius 1 is 1.23 bits per heavy atom. The number of H-pyrrole nitrogens is 1. The number of rotatable bonds is 5. The summed E-state index contributed by atoms with van der Waals surface area (Å²) in [5, 5.41) is 10.0. The normalized spacial score (nSPS) is 10.9. The Labute approximate surface area is 175 Å². The van der Waals surface area contributed by atoms with E-state index in [-0.39, 0.29) is 22.2 Å². The van der Waals surface area contributed by atoms with Gasteiger partial charge in [-0.2, -0.15) is 0 Å². The van der Waals surface area contributed by atoms with E-state index in [0.29, 0.717) is 27.9 Å². The van der Waals surface area contributed by atoms with Crippen LogP contribution in [0.5, 0.6) is 11.5 Å². The lowest BCUT2D eigenvalue weighted by atomic mass is 10.1. The van der Waals surface area contributed by atoms with Crippen molar-refractivity contribution in [3.63, 3.8) is 0 Å². The first kappa shape index (κ1) is 19.8.